The van der Waals surface area contributed by atoms with Crippen molar-refractivity contribution in [3.63, 3.8) is 0 Å². The molecule has 4 heteroatoms. The normalized spacial score (nSPS) is 19.0. The lowest BCUT2D eigenvalue weighted by atomic mass is 10.0. The first-order chi connectivity index (χ1) is 6.83. The molecule has 0 unspecified atom stereocenters. The Morgan fingerprint density at radius 3 is 2.40 bits per heavy atom. The zero-order valence-corrected chi connectivity index (χ0v) is 8.23. The van der Waals surface area contributed by atoms with Gasteiger partial charge < -0.3 is 5.11 Å². The largest absolute Gasteiger partial charge is 0.385 e. The van der Waals surface area contributed by atoms with E-state index >= 15 is 0 Å². The fraction of sp³-hybridized carbons (Fsp3) is 0.455. The number of aliphatic hydroxyl groups is 1. The Hall–Kier alpha value is -1.03. The van der Waals surface area contributed by atoms with Crippen LogP contribution in [0.25, 0.3) is 0 Å². The Morgan fingerprint density at radius 2 is 1.93 bits per heavy atom. The highest BCUT2D eigenvalue weighted by Gasteiger charge is 2.44. The minimum absolute atomic E-state index is 0.0125. The minimum atomic E-state index is -3.01. The van der Waals surface area contributed by atoms with Crippen LogP contribution in [0.15, 0.2) is 18.2 Å². The summed E-state index contributed by atoms with van der Waals surface area (Å²) in [4.78, 5) is 0. The standard InChI is InChI=1S/C11H11F3O/c1-10(13,14)7-2-3-9(12)8(6-7)11(15)4-5-11/h2-3,6,15H,4-5H2,1H3. The van der Waals surface area contributed by atoms with Crippen molar-refractivity contribution in [1.82, 2.24) is 0 Å². The van der Waals surface area contributed by atoms with E-state index in [1.807, 2.05) is 0 Å². The van der Waals surface area contributed by atoms with E-state index in [-0.39, 0.29) is 11.1 Å². The summed E-state index contributed by atoms with van der Waals surface area (Å²) in [7, 11) is 0. The topological polar surface area (TPSA) is 20.2 Å². The first kappa shape index (κ1) is 10.5. The average Bonchev–Trinajstić information content (AvgIpc) is 2.83. The molecule has 1 aliphatic rings. The Balaban J connectivity index is 2.47. The molecule has 15 heavy (non-hydrogen) atoms. The van der Waals surface area contributed by atoms with Crippen LogP contribution in [0.4, 0.5) is 13.2 Å². The van der Waals surface area contributed by atoms with Crippen LogP contribution < -0.4 is 0 Å². The highest BCUT2D eigenvalue weighted by atomic mass is 19.3. The van der Waals surface area contributed by atoms with E-state index in [0.29, 0.717) is 12.8 Å². The second kappa shape index (κ2) is 2.98. The van der Waals surface area contributed by atoms with Gasteiger partial charge in [-0.3, -0.25) is 0 Å². The van der Waals surface area contributed by atoms with Crippen molar-refractivity contribution in [1.29, 1.82) is 0 Å². The molecule has 0 radical (unpaired) electrons. The van der Waals surface area contributed by atoms with Crippen LogP contribution in [0.5, 0.6) is 0 Å². The monoisotopic (exact) mass is 216 g/mol. The van der Waals surface area contributed by atoms with Crippen LogP contribution in [-0.2, 0) is 11.5 Å². The van der Waals surface area contributed by atoms with Gasteiger partial charge in [-0.15, -0.1) is 0 Å². The molecule has 1 aliphatic carbocycles. The molecular weight excluding hydrogens is 205 g/mol. The predicted octanol–water partition coefficient (Wildman–Crippen LogP) is 2.92. The Bertz CT molecular complexity index is 391. The van der Waals surface area contributed by atoms with Crippen LogP contribution in [0.2, 0.25) is 0 Å². The number of benzene rings is 1. The maximum atomic E-state index is 13.3. The Morgan fingerprint density at radius 1 is 1.33 bits per heavy atom. The van der Waals surface area contributed by atoms with Crippen molar-refractivity contribution in [2.24, 2.45) is 0 Å². The van der Waals surface area contributed by atoms with Gasteiger partial charge in [-0.05, 0) is 25.0 Å². The van der Waals surface area contributed by atoms with E-state index in [4.69, 9.17) is 0 Å². The van der Waals surface area contributed by atoms with Crippen LogP contribution in [0.1, 0.15) is 30.9 Å². The number of hydrogen-bond donors (Lipinski definition) is 1. The van der Waals surface area contributed by atoms with Crippen molar-refractivity contribution >= 4 is 0 Å². The molecule has 0 aliphatic heterocycles. The van der Waals surface area contributed by atoms with E-state index in [2.05, 4.69) is 0 Å². The van der Waals surface area contributed by atoms with E-state index in [1.54, 1.807) is 0 Å². The van der Waals surface area contributed by atoms with Crippen LogP contribution in [0, 0.1) is 5.82 Å². The molecule has 0 bridgehead atoms. The summed E-state index contributed by atoms with van der Waals surface area (Å²) in [5, 5.41) is 9.69. The van der Waals surface area contributed by atoms with Gasteiger partial charge in [0, 0.05) is 18.1 Å². The summed E-state index contributed by atoms with van der Waals surface area (Å²) in [5.41, 5.74) is -1.49. The van der Waals surface area contributed by atoms with Gasteiger partial charge in [0.1, 0.15) is 5.82 Å². The van der Waals surface area contributed by atoms with Crippen molar-refractivity contribution in [2.45, 2.75) is 31.3 Å². The summed E-state index contributed by atoms with van der Waals surface area (Å²) >= 11 is 0. The fourth-order valence-corrected chi connectivity index (χ4v) is 1.54. The third kappa shape index (κ3) is 1.86. The number of halogens is 3. The van der Waals surface area contributed by atoms with Gasteiger partial charge in [0.2, 0.25) is 0 Å². The maximum absolute atomic E-state index is 13.3. The van der Waals surface area contributed by atoms with Crippen molar-refractivity contribution < 1.29 is 18.3 Å². The van der Waals surface area contributed by atoms with Gasteiger partial charge in [-0.1, -0.05) is 6.07 Å². The molecule has 0 aromatic heterocycles. The van der Waals surface area contributed by atoms with Crippen LogP contribution in [-0.4, -0.2) is 5.11 Å². The summed E-state index contributed by atoms with van der Waals surface area (Å²) in [6.45, 7) is 0.751. The smallest absolute Gasteiger partial charge is 0.270 e. The van der Waals surface area contributed by atoms with Crippen LogP contribution in [0.3, 0.4) is 0 Å². The lowest BCUT2D eigenvalue weighted by Gasteiger charge is -2.15. The molecule has 0 heterocycles. The molecule has 1 aromatic carbocycles. The molecule has 1 saturated carbocycles. The zero-order chi connectivity index (χ0) is 11.3. The van der Waals surface area contributed by atoms with Gasteiger partial charge in [-0.25, -0.2) is 13.2 Å². The highest BCUT2D eigenvalue weighted by molar-refractivity contribution is 5.34. The first-order valence-electron chi connectivity index (χ1n) is 4.74. The number of rotatable bonds is 2. The summed E-state index contributed by atoms with van der Waals surface area (Å²) in [5.74, 6) is -3.63. The van der Waals surface area contributed by atoms with Gasteiger partial charge in [-0.2, -0.15) is 0 Å². The second-order valence-electron chi connectivity index (χ2n) is 4.11. The quantitative estimate of drug-likeness (QED) is 0.805. The van der Waals surface area contributed by atoms with Gasteiger partial charge in [0.25, 0.3) is 5.92 Å². The van der Waals surface area contributed by atoms with Gasteiger partial charge >= 0.3 is 0 Å². The van der Waals surface area contributed by atoms with Gasteiger partial charge in [0.05, 0.1) is 5.60 Å². The molecular formula is C11H11F3O. The van der Waals surface area contributed by atoms with Crippen LogP contribution >= 0.6 is 0 Å². The van der Waals surface area contributed by atoms with E-state index in [1.165, 1.54) is 0 Å². The molecule has 0 amide bonds. The van der Waals surface area contributed by atoms with E-state index in [9.17, 15) is 18.3 Å². The molecule has 2 rings (SSSR count). The molecule has 1 aromatic rings. The van der Waals surface area contributed by atoms with Crippen molar-refractivity contribution in [3.05, 3.63) is 35.1 Å². The van der Waals surface area contributed by atoms with Gasteiger partial charge in [0.15, 0.2) is 0 Å². The summed E-state index contributed by atoms with van der Waals surface area (Å²) in [6, 6.07) is 3.09. The lowest BCUT2D eigenvalue weighted by Crippen LogP contribution is -2.12. The summed E-state index contributed by atoms with van der Waals surface area (Å²) < 4.78 is 39.2. The SMILES string of the molecule is CC(F)(F)c1ccc(F)c(C2(O)CC2)c1. The Kier molecular flexibility index (Phi) is 2.08. The van der Waals surface area contributed by atoms with Crippen molar-refractivity contribution in [2.75, 3.05) is 0 Å². The second-order valence-corrected chi connectivity index (χ2v) is 4.11. The van der Waals surface area contributed by atoms with E-state index in [0.717, 1.165) is 25.1 Å². The predicted molar refractivity (Wildman–Crippen MR) is 49.1 cm³/mol. The molecule has 0 spiro atoms. The molecule has 0 atom stereocenters. The fourth-order valence-electron chi connectivity index (χ4n) is 1.54. The number of hydrogen-bond acceptors (Lipinski definition) is 1. The molecule has 1 nitrogen and oxygen atoms in total. The zero-order valence-electron chi connectivity index (χ0n) is 8.23. The Labute approximate surface area is 85.5 Å². The highest BCUT2D eigenvalue weighted by Crippen LogP contribution is 2.47. The van der Waals surface area contributed by atoms with E-state index < -0.39 is 17.3 Å². The first-order valence-corrected chi connectivity index (χ1v) is 4.74. The minimum Gasteiger partial charge on any atom is -0.385 e. The van der Waals surface area contributed by atoms with Crippen molar-refractivity contribution in [3.8, 4) is 0 Å². The molecule has 82 valence electrons. The molecule has 1 N–H and O–H groups in total. The third-order valence-electron chi connectivity index (χ3n) is 2.70. The molecule has 1 fully saturated rings. The lowest BCUT2D eigenvalue weighted by molar-refractivity contribution is 0.0170. The maximum Gasteiger partial charge on any atom is 0.270 e. The summed E-state index contributed by atoms with van der Waals surface area (Å²) in [6.07, 6.45) is 0.866. The number of alkyl halides is 2. The third-order valence-corrected chi connectivity index (χ3v) is 2.70. The molecule has 0 saturated heterocycles. The average molecular weight is 216 g/mol.